The number of fused-ring (bicyclic) bond motifs is 1. The quantitative estimate of drug-likeness (QED) is 0.498. The van der Waals surface area contributed by atoms with Crippen LogP contribution >= 0.6 is 34.9 Å². The van der Waals surface area contributed by atoms with Gasteiger partial charge < -0.3 is 4.72 Å². The third-order valence-corrected chi connectivity index (χ3v) is 3.38. The predicted molar refractivity (Wildman–Crippen MR) is 47.1 cm³/mol. The molecule has 0 aromatic carbocycles. The van der Waals surface area contributed by atoms with E-state index in [-0.39, 0.29) is 0 Å². The summed E-state index contributed by atoms with van der Waals surface area (Å²) < 4.78 is 2.97. The molecule has 1 aliphatic heterocycles. The van der Waals surface area contributed by atoms with Gasteiger partial charge in [0.25, 0.3) is 0 Å². The molecule has 0 atom stereocenters. The molecule has 2 heterocycles. The summed E-state index contributed by atoms with van der Waals surface area (Å²) in [5, 5.41) is 2.77. The number of nitrogens with one attached hydrogen (secondary N) is 1. The van der Waals surface area contributed by atoms with Crippen molar-refractivity contribution in [3.63, 3.8) is 0 Å². The zero-order valence-corrected chi connectivity index (χ0v) is 7.32. The van der Waals surface area contributed by atoms with E-state index in [1.807, 2.05) is 6.08 Å². The molecule has 10 heavy (non-hydrogen) atoms. The number of rotatable bonds is 0. The number of halogens is 1. The lowest BCUT2D eigenvalue weighted by Crippen LogP contribution is -2.00. The van der Waals surface area contributed by atoms with Gasteiger partial charge in [-0.1, -0.05) is 11.6 Å². The average molecular weight is 190 g/mol. The minimum atomic E-state index is 0.708. The van der Waals surface area contributed by atoms with E-state index < -0.39 is 0 Å². The molecule has 0 spiro atoms. The molecule has 1 N–H and O–H groups in total. The maximum atomic E-state index is 5.74. The highest BCUT2D eigenvalue weighted by molar-refractivity contribution is 7.97. The van der Waals surface area contributed by atoms with Crippen molar-refractivity contribution in [1.29, 1.82) is 0 Å². The molecule has 1 aromatic heterocycles. The van der Waals surface area contributed by atoms with Crippen LogP contribution in [0.1, 0.15) is 4.88 Å². The van der Waals surface area contributed by atoms with Crippen LogP contribution in [0.4, 0.5) is 0 Å². The average Bonchev–Trinajstić information content (AvgIpc) is 2.33. The minimum absolute atomic E-state index is 0.708. The molecule has 4 heteroatoms. The van der Waals surface area contributed by atoms with E-state index in [2.05, 4.69) is 16.2 Å². The summed E-state index contributed by atoms with van der Waals surface area (Å²) in [6.45, 7) is 0. The van der Waals surface area contributed by atoms with Gasteiger partial charge in [-0.25, -0.2) is 0 Å². The van der Waals surface area contributed by atoms with Crippen LogP contribution in [0.25, 0.3) is 6.08 Å². The fourth-order valence-corrected chi connectivity index (χ4v) is 2.67. The van der Waals surface area contributed by atoms with Crippen LogP contribution in [-0.2, 0) is 0 Å². The van der Waals surface area contributed by atoms with Crippen molar-refractivity contribution in [3.05, 3.63) is 21.5 Å². The smallest absolute Gasteiger partial charge is 0.113 e. The van der Waals surface area contributed by atoms with Gasteiger partial charge in [-0.15, -0.1) is 11.3 Å². The van der Waals surface area contributed by atoms with Crippen LogP contribution in [0, 0.1) is 0 Å². The first-order valence-corrected chi connectivity index (χ1v) is 4.81. The third kappa shape index (κ3) is 1.05. The lowest BCUT2D eigenvalue weighted by molar-refractivity contribution is 1.33. The van der Waals surface area contributed by atoms with Crippen molar-refractivity contribution in [2.24, 2.45) is 0 Å². The summed E-state index contributed by atoms with van der Waals surface area (Å²) in [5.74, 6) is 0. The maximum Gasteiger partial charge on any atom is 0.113 e. The summed E-state index contributed by atoms with van der Waals surface area (Å²) in [4.78, 5) is 2.50. The molecule has 0 amide bonds. The lowest BCUT2D eigenvalue weighted by atomic mass is 10.4. The lowest BCUT2D eigenvalue weighted by Gasteiger charge is -2.08. The monoisotopic (exact) mass is 189 g/mol. The number of hydrogen-bond acceptors (Lipinski definition) is 3. The molecule has 0 saturated heterocycles. The summed E-state index contributed by atoms with van der Waals surface area (Å²) >= 11 is 9.01. The summed E-state index contributed by atoms with van der Waals surface area (Å²) in [6.07, 6.45) is 1.94. The first kappa shape index (κ1) is 6.58. The second kappa shape index (κ2) is 2.49. The Bertz CT molecular complexity index is 279. The second-order valence-electron chi connectivity index (χ2n) is 1.85. The molecule has 52 valence electrons. The highest BCUT2D eigenvalue weighted by Crippen LogP contribution is 2.32. The van der Waals surface area contributed by atoms with Crippen LogP contribution in [0.15, 0.2) is 21.5 Å². The van der Waals surface area contributed by atoms with Gasteiger partial charge >= 0.3 is 0 Å². The Hall–Kier alpha value is -0.120. The number of thiophene rings is 1. The van der Waals surface area contributed by atoms with Crippen molar-refractivity contribution in [2.45, 2.75) is 4.90 Å². The van der Waals surface area contributed by atoms with Crippen LogP contribution in [0.2, 0.25) is 0 Å². The predicted octanol–water partition coefficient (Wildman–Crippen LogP) is 2.90. The molecule has 0 bridgehead atoms. The van der Waals surface area contributed by atoms with Crippen molar-refractivity contribution in [1.82, 2.24) is 4.72 Å². The fourth-order valence-electron chi connectivity index (χ4n) is 0.747. The largest absolute Gasteiger partial charge is 0.316 e. The van der Waals surface area contributed by atoms with Gasteiger partial charge in [0.1, 0.15) is 5.16 Å². The molecule has 1 nitrogen and oxygen atoms in total. The van der Waals surface area contributed by atoms with E-state index in [4.69, 9.17) is 11.6 Å². The Morgan fingerprint density at radius 1 is 1.50 bits per heavy atom. The maximum absolute atomic E-state index is 5.74. The van der Waals surface area contributed by atoms with Crippen molar-refractivity contribution in [3.8, 4) is 0 Å². The van der Waals surface area contributed by atoms with E-state index in [1.165, 1.54) is 9.77 Å². The van der Waals surface area contributed by atoms with Crippen LogP contribution in [0.5, 0.6) is 0 Å². The van der Waals surface area contributed by atoms with Gasteiger partial charge in [0.15, 0.2) is 0 Å². The molecule has 0 radical (unpaired) electrons. The van der Waals surface area contributed by atoms with Crippen molar-refractivity contribution < 1.29 is 0 Å². The zero-order chi connectivity index (χ0) is 6.97. The normalized spacial score (nSPS) is 15.5. The van der Waals surface area contributed by atoms with Crippen LogP contribution < -0.4 is 4.72 Å². The molecule has 0 unspecified atom stereocenters. The van der Waals surface area contributed by atoms with Crippen molar-refractivity contribution in [2.75, 3.05) is 0 Å². The summed E-state index contributed by atoms with van der Waals surface area (Å²) in [5.41, 5.74) is 0. The van der Waals surface area contributed by atoms with E-state index in [0.717, 1.165) is 0 Å². The zero-order valence-electron chi connectivity index (χ0n) is 4.93. The molecule has 1 aromatic rings. The molecule has 0 fully saturated rings. The fraction of sp³-hybridized carbons (Fsp3) is 0. The van der Waals surface area contributed by atoms with Gasteiger partial charge in [-0.3, -0.25) is 0 Å². The van der Waals surface area contributed by atoms with Crippen molar-refractivity contribution >= 4 is 41.0 Å². The highest BCUT2D eigenvalue weighted by Gasteiger charge is 2.08. The van der Waals surface area contributed by atoms with Gasteiger partial charge in [0.2, 0.25) is 0 Å². The summed E-state index contributed by atoms with van der Waals surface area (Å²) in [6, 6.07) is 2.08. The van der Waals surface area contributed by atoms with Gasteiger partial charge in [0.05, 0.1) is 0 Å². The van der Waals surface area contributed by atoms with E-state index >= 15 is 0 Å². The van der Waals surface area contributed by atoms with Crippen LogP contribution in [0.3, 0.4) is 0 Å². The van der Waals surface area contributed by atoms with Gasteiger partial charge in [0, 0.05) is 9.77 Å². The molecular weight excluding hydrogens is 186 g/mol. The Labute approximate surface area is 72.2 Å². The summed E-state index contributed by atoms with van der Waals surface area (Å²) in [7, 11) is 0. The molecule has 0 aliphatic carbocycles. The SMILES string of the molecule is ClC1=Cc2sccc2SN1. The molecule has 0 saturated carbocycles. The first-order chi connectivity index (χ1) is 4.86. The first-order valence-electron chi connectivity index (χ1n) is 2.74. The third-order valence-electron chi connectivity index (χ3n) is 1.17. The standard InChI is InChI=1S/C6H4ClNS2/c7-6-3-5-4(10-8-6)1-2-9-5/h1-3,8H. The van der Waals surface area contributed by atoms with E-state index in [9.17, 15) is 0 Å². The minimum Gasteiger partial charge on any atom is -0.316 e. The number of hydrogen-bond donors (Lipinski definition) is 1. The Balaban J connectivity index is 2.50. The van der Waals surface area contributed by atoms with E-state index in [0.29, 0.717) is 5.16 Å². The Morgan fingerprint density at radius 3 is 3.30 bits per heavy atom. The molecule has 2 rings (SSSR count). The van der Waals surface area contributed by atoms with Gasteiger partial charge in [-0.2, -0.15) is 0 Å². The molecular formula is C6H4ClNS2. The highest BCUT2D eigenvalue weighted by atomic mass is 35.5. The van der Waals surface area contributed by atoms with Crippen LogP contribution in [-0.4, -0.2) is 0 Å². The Morgan fingerprint density at radius 2 is 2.40 bits per heavy atom. The molecule has 1 aliphatic rings. The Kier molecular flexibility index (Phi) is 1.64. The second-order valence-corrected chi connectivity index (χ2v) is 4.05. The van der Waals surface area contributed by atoms with Gasteiger partial charge in [-0.05, 0) is 29.5 Å². The van der Waals surface area contributed by atoms with E-state index in [1.54, 1.807) is 23.3 Å². The topological polar surface area (TPSA) is 12.0 Å².